The van der Waals surface area contributed by atoms with Gasteiger partial charge in [-0.15, -0.1) is 0 Å². The Balaban J connectivity index is 1.87. The van der Waals surface area contributed by atoms with Crippen molar-refractivity contribution in [1.29, 1.82) is 0 Å². The molecule has 0 aromatic heterocycles. The molecule has 0 radical (unpaired) electrons. The van der Waals surface area contributed by atoms with Gasteiger partial charge >= 0.3 is 0 Å². The molecule has 0 aliphatic heterocycles. The van der Waals surface area contributed by atoms with Gasteiger partial charge in [-0.25, -0.2) is 0 Å². The van der Waals surface area contributed by atoms with Crippen LogP contribution in [0.1, 0.15) is 33.6 Å². The highest BCUT2D eigenvalue weighted by molar-refractivity contribution is 6.04. The molecule has 0 spiro atoms. The van der Waals surface area contributed by atoms with E-state index in [1.807, 2.05) is 30.5 Å². The minimum atomic E-state index is -0.188. The number of hydrogen-bond acceptors (Lipinski definition) is 3. The van der Waals surface area contributed by atoms with E-state index in [-0.39, 0.29) is 10.8 Å². The first kappa shape index (κ1) is 13.2. The Bertz CT molecular complexity index is 586. The van der Waals surface area contributed by atoms with Gasteiger partial charge in [-0.3, -0.25) is 4.79 Å². The minimum absolute atomic E-state index is 0.0682. The third kappa shape index (κ3) is 1.62. The number of anilines is 2. The molecule has 0 amide bonds. The maximum absolute atomic E-state index is 12.7. The van der Waals surface area contributed by atoms with Crippen molar-refractivity contribution in [3.05, 3.63) is 36.0 Å². The second kappa shape index (κ2) is 4.11. The van der Waals surface area contributed by atoms with Gasteiger partial charge in [0.15, 0.2) is 5.78 Å². The Morgan fingerprint density at radius 3 is 2.45 bits per heavy atom. The molecule has 20 heavy (non-hydrogen) atoms. The predicted octanol–water partition coefficient (Wildman–Crippen LogP) is 3.59. The highest BCUT2D eigenvalue weighted by Gasteiger charge is 2.63. The first-order valence-electron chi connectivity index (χ1n) is 7.23. The average molecular weight is 270 g/mol. The summed E-state index contributed by atoms with van der Waals surface area (Å²) in [4.78, 5) is 12.7. The molecular formula is C17H22N2O. The molecule has 3 nitrogen and oxygen atoms in total. The Morgan fingerprint density at radius 2 is 1.90 bits per heavy atom. The summed E-state index contributed by atoms with van der Waals surface area (Å²) >= 11 is 0. The zero-order valence-corrected chi connectivity index (χ0v) is 12.4. The number of nitrogens with two attached hydrogens (primary N) is 1. The van der Waals surface area contributed by atoms with Gasteiger partial charge < -0.3 is 11.1 Å². The van der Waals surface area contributed by atoms with Crippen LogP contribution < -0.4 is 11.1 Å². The lowest BCUT2D eigenvalue weighted by Gasteiger charge is -2.31. The van der Waals surface area contributed by atoms with E-state index < -0.39 is 0 Å². The van der Waals surface area contributed by atoms with Crippen LogP contribution in [0, 0.1) is 16.7 Å². The number of ketones is 1. The number of benzene rings is 1. The first-order chi connectivity index (χ1) is 9.36. The number of carbonyl (C=O) groups is 1. The van der Waals surface area contributed by atoms with Crippen LogP contribution in [0.25, 0.3) is 0 Å². The number of rotatable bonds is 2. The summed E-state index contributed by atoms with van der Waals surface area (Å²) < 4.78 is 0. The van der Waals surface area contributed by atoms with Crippen LogP contribution in [0.2, 0.25) is 0 Å². The second-order valence-electron chi connectivity index (χ2n) is 6.84. The number of nitrogens with one attached hydrogen (secondary N) is 1. The maximum Gasteiger partial charge on any atom is 0.167 e. The van der Waals surface area contributed by atoms with Gasteiger partial charge in [0.05, 0.1) is 0 Å². The van der Waals surface area contributed by atoms with Crippen molar-refractivity contribution in [3.8, 4) is 0 Å². The molecule has 0 unspecified atom stereocenters. The third-order valence-electron chi connectivity index (χ3n) is 5.67. The quantitative estimate of drug-likeness (QED) is 0.638. The van der Waals surface area contributed by atoms with Gasteiger partial charge in [-0.1, -0.05) is 20.8 Å². The van der Waals surface area contributed by atoms with E-state index in [2.05, 4.69) is 26.1 Å². The van der Waals surface area contributed by atoms with Crippen molar-refractivity contribution >= 4 is 17.2 Å². The lowest BCUT2D eigenvalue weighted by atomic mass is 9.70. The van der Waals surface area contributed by atoms with Crippen LogP contribution in [0.5, 0.6) is 0 Å². The molecule has 0 saturated heterocycles. The van der Waals surface area contributed by atoms with Gasteiger partial charge in [0.1, 0.15) is 0 Å². The molecule has 2 aliphatic rings. The van der Waals surface area contributed by atoms with Crippen LogP contribution >= 0.6 is 0 Å². The fraction of sp³-hybridized carbons (Fsp3) is 0.471. The number of hydrogen-bond donors (Lipinski definition) is 2. The summed E-state index contributed by atoms with van der Waals surface area (Å²) in [6, 6.07) is 7.57. The van der Waals surface area contributed by atoms with Crippen LogP contribution in [-0.2, 0) is 4.79 Å². The molecule has 2 saturated carbocycles. The zero-order valence-electron chi connectivity index (χ0n) is 12.4. The van der Waals surface area contributed by atoms with E-state index in [0.717, 1.165) is 29.8 Å². The van der Waals surface area contributed by atoms with Gasteiger partial charge in [0, 0.05) is 28.6 Å². The fourth-order valence-electron chi connectivity index (χ4n) is 3.83. The molecular weight excluding hydrogens is 248 g/mol. The summed E-state index contributed by atoms with van der Waals surface area (Å²) in [6.45, 7) is 6.58. The van der Waals surface area contributed by atoms with Crippen molar-refractivity contribution < 1.29 is 4.79 Å². The van der Waals surface area contributed by atoms with Crippen molar-refractivity contribution in [3.63, 3.8) is 0 Å². The van der Waals surface area contributed by atoms with E-state index in [0.29, 0.717) is 11.7 Å². The predicted molar refractivity (Wildman–Crippen MR) is 82.2 cm³/mol. The van der Waals surface area contributed by atoms with Gasteiger partial charge in [-0.05, 0) is 48.4 Å². The molecule has 106 valence electrons. The lowest BCUT2D eigenvalue weighted by Crippen LogP contribution is -2.32. The molecule has 3 rings (SSSR count). The van der Waals surface area contributed by atoms with E-state index in [1.165, 1.54) is 0 Å². The van der Waals surface area contributed by atoms with Crippen LogP contribution in [0.4, 0.5) is 11.4 Å². The molecule has 0 heterocycles. The van der Waals surface area contributed by atoms with Crippen LogP contribution in [0.3, 0.4) is 0 Å². The molecule has 1 aromatic rings. The van der Waals surface area contributed by atoms with E-state index in [9.17, 15) is 4.79 Å². The van der Waals surface area contributed by atoms with Crippen LogP contribution in [0.15, 0.2) is 36.0 Å². The molecule has 2 bridgehead atoms. The fourth-order valence-corrected chi connectivity index (χ4v) is 3.83. The Labute approximate surface area is 120 Å². The van der Waals surface area contributed by atoms with Gasteiger partial charge in [-0.2, -0.15) is 0 Å². The molecule has 2 aliphatic carbocycles. The normalized spacial score (nSPS) is 32.9. The topological polar surface area (TPSA) is 55.1 Å². The standard InChI is InChI=1S/C17H22N2O/c1-16(2)14-8-9-17(16,3)15(20)13(14)10-19-12-6-4-11(18)5-7-12/h4-7,10,14,19H,8-9,18H2,1-3H3/b13-10+/t14-,17-/m1/s1. The summed E-state index contributed by atoms with van der Waals surface area (Å²) in [6.07, 6.45) is 4.04. The lowest BCUT2D eigenvalue weighted by molar-refractivity contribution is -0.125. The summed E-state index contributed by atoms with van der Waals surface area (Å²) in [5.74, 6) is 0.697. The summed E-state index contributed by atoms with van der Waals surface area (Å²) in [7, 11) is 0. The van der Waals surface area contributed by atoms with Crippen LogP contribution in [-0.4, -0.2) is 5.78 Å². The van der Waals surface area contributed by atoms with E-state index in [4.69, 9.17) is 5.73 Å². The third-order valence-corrected chi connectivity index (χ3v) is 5.67. The monoisotopic (exact) mass is 270 g/mol. The molecule has 3 N–H and O–H groups in total. The van der Waals surface area contributed by atoms with Crippen molar-refractivity contribution in [1.82, 2.24) is 0 Å². The molecule has 2 atom stereocenters. The Kier molecular flexibility index (Phi) is 2.72. The number of nitrogen functional groups attached to an aromatic ring is 1. The number of fused-ring (bicyclic) bond motifs is 2. The van der Waals surface area contributed by atoms with E-state index in [1.54, 1.807) is 0 Å². The molecule has 2 fully saturated rings. The SMILES string of the molecule is CC1(C)[C@@H]2CC[C@]1(C)C(=O)/C2=C/Nc1ccc(N)cc1. The zero-order chi connectivity index (χ0) is 14.5. The highest BCUT2D eigenvalue weighted by Crippen LogP contribution is 2.65. The van der Waals surface area contributed by atoms with Crippen molar-refractivity contribution in [2.75, 3.05) is 11.1 Å². The summed E-state index contributed by atoms with van der Waals surface area (Å²) in [5.41, 5.74) is 8.22. The number of Topliss-reactive ketones (excluding diaryl/α,β-unsaturated/α-hetero) is 1. The average Bonchev–Trinajstić information content (AvgIpc) is 2.71. The maximum atomic E-state index is 12.7. The molecule has 3 heteroatoms. The minimum Gasteiger partial charge on any atom is -0.399 e. The van der Waals surface area contributed by atoms with Crippen molar-refractivity contribution in [2.24, 2.45) is 16.7 Å². The van der Waals surface area contributed by atoms with Gasteiger partial charge in [0.25, 0.3) is 0 Å². The number of carbonyl (C=O) groups excluding carboxylic acids is 1. The van der Waals surface area contributed by atoms with Crippen molar-refractivity contribution in [2.45, 2.75) is 33.6 Å². The summed E-state index contributed by atoms with van der Waals surface area (Å²) in [5, 5.41) is 3.25. The highest BCUT2D eigenvalue weighted by atomic mass is 16.1. The Morgan fingerprint density at radius 1 is 1.25 bits per heavy atom. The smallest absolute Gasteiger partial charge is 0.167 e. The largest absolute Gasteiger partial charge is 0.399 e. The molecule has 1 aromatic carbocycles. The second-order valence-corrected chi connectivity index (χ2v) is 6.84. The Hall–Kier alpha value is -1.77. The van der Waals surface area contributed by atoms with Gasteiger partial charge in [0.2, 0.25) is 0 Å². The number of allylic oxidation sites excluding steroid dienone is 1. The first-order valence-corrected chi connectivity index (χ1v) is 7.23. The van der Waals surface area contributed by atoms with E-state index >= 15 is 0 Å².